The van der Waals surface area contributed by atoms with Crippen molar-refractivity contribution in [3.8, 4) is 0 Å². The SMILES string of the molecule is O=C(Cn1sc2ccccc2c1=O)NCc1cn(Cc2ccccc2)nn1. The van der Waals surface area contributed by atoms with Crippen LogP contribution in [0, 0.1) is 0 Å². The van der Waals surface area contributed by atoms with E-state index in [-0.39, 0.29) is 24.6 Å². The van der Waals surface area contributed by atoms with Gasteiger partial charge in [0.1, 0.15) is 12.2 Å². The van der Waals surface area contributed by atoms with E-state index in [1.54, 1.807) is 16.9 Å². The van der Waals surface area contributed by atoms with Crippen molar-refractivity contribution in [3.63, 3.8) is 0 Å². The van der Waals surface area contributed by atoms with Gasteiger partial charge in [0.25, 0.3) is 5.56 Å². The minimum absolute atomic E-state index is 0.00364. The smallest absolute Gasteiger partial charge is 0.268 e. The fourth-order valence-electron chi connectivity index (χ4n) is 2.76. The number of carbonyl (C=O) groups is 1. The molecule has 0 aliphatic heterocycles. The van der Waals surface area contributed by atoms with Gasteiger partial charge in [-0.05, 0) is 17.7 Å². The summed E-state index contributed by atoms with van der Waals surface area (Å²) in [5, 5.41) is 11.6. The highest BCUT2D eigenvalue weighted by Crippen LogP contribution is 2.15. The van der Waals surface area contributed by atoms with Gasteiger partial charge < -0.3 is 5.32 Å². The van der Waals surface area contributed by atoms with Crippen LogP contribution in [0.15, 0.2) is 65.6 Å². The summed E-state index contributed by atoms with van der Waals surface area (Å²) in [6.07, 6.45) is 1.80. The second-order valence-electron chi connectivity index (χ2n) is 6.10. The number of nitrogens with zero attached hydrogens (tertiary/aromatic N) is 4. The fraction of sp³-hybridized carbons (Fsp3) is 0.158. The van der Waals surface area contributed by atoms with Crippen molar-refractivity contribution < 1.29 is 4.79 Å². The first-order chi connectivity index (χ1) is 13.2. The first-order valence-corrected chi connectivity index (χ1v) is 9.25. The normalized spacial score (nSPS) is 11.0. The van der Waals surface area contributed by atoms with E-state index in [0.29, 0.717) is 17.6 Å². The molecule has 0 aliphatic rings. The van der Waals surface area contributed by atoms with Gasteiger partial charge in [0.2, 0.25) is 5.91 Å². The Balaban J connectivity index is 1.35. The molecule has 0 bridgehead atoms. The minimum atomic E-state index is -0.235. The van der Waals surface area contributed by atoms with Crippen molar-refractivity contribution in [1.82, 2.24) is 24.3 Å². The van der Waals surface area contributed by atoms with Crippen LogP contribution < -0.4 is 10.9 Å². The van der Waals surface area contributed by atoms with Crippen LogP contribution in [0.25, 0.3) is 10.1 Å². The number of rotatable bonds is 6. The second-order valence-corrected chi connectivity index (χ2v) is 7.16. The maximum atomic E-state index is 12.3. The summed E-state index contributed by atoms with van der Waals surface area (Å²) in [5.74, 6) is -0.235. The van der Waals surface area contributed by atoms with Gasteiger partial charge in [-0.1, -0.05) is 59.2 Å². The first kappa shape index (κ1) is 17.2. The third-order valence-corrected chi connectivity index (χ3v) is 5.15. The molecule has 0 spiro atoms. The molecule has 0 atom stereocenters. The molecule has 0 unspecified atom stereocenters. The zero-order chi connectivity index (χ0) is 18.6. The monoisotopic (exact) mass is 379 g/mol. The quantitative estimate of drug-likeness (QED) is 0.556. The molecule has 1 N–H and O–H groups in total. The van der Waals surface area contributed by atoms with Crippen LogP contribution in [0.4, 0.5) is 0 Å². The van der Waals surface area contributed by atoms with E-state index in [0.717, 1.165) is 10.3 Å². The molecular weight excluding hydrogens is 362 g/mol. The highest BCUT2D eigenvalue weighted by molar-refractivity contribution is 7.13. The van der Waals surface area contributed by atoms with E-state index < -0.39 is 0 Å². The third kappa shape index (κ3) is 3.95. The topological polar surface area (TPSA) is 81.8 Å². The second kappa shape index (κ2) is 7.55. The largest absolute Gasteiger partial charge is 0.349 e. The summed E-state index contributed by atoms with van der Waals surface area (Å²) in [6.45, 7) is 0.891. The third-order valence-electron chi connectivity index (χ3n) is 4.08. The van der Waals surface area contributed by atoms with Gasteiger partial charge in [0.05, 0.1) is 29.4 Å². The summed E-state index contributed by atoms with van der Waals surface area (Å²) in [6, 6.07) is 17.3. The lowest BCUT2D eigenvalue weighted by Gasteiger charge is -2.02. The molecule has 0 radical (unpaired) electrons. The Kier molecular flexibility index (Phi) is 4.80. The number of hydrogen-bond acceptors (Lipinski definition) is 5. The molecule has 136 valence electrons. The average Bonchev–Trinajstić information content (AvgIpc) is 3.26. The summed E-state index contributed by atoms with van der Waals surface area (Å²) < 4.78 is 4.07. The van der Waals surface area contributed by atoms with Crippen molar-refractivity contribution in [1.29, 1.82) is 0 Å². The van der Waals surface area contributed by atoms with Gasteiger partial charge in [-0.2, -0.15) is 0 Å². The van der Waals surface area contributed by atoms with E-state index in [2.05, 4.69) is 15.6 Å². The van der Waals surface area contributed by atoms with Crippen molar-refractivity contribution >= 4 is 27.5 Å². The van der Waals surface area contributed by atoms with E-state index in [1.165, 1.54) is 15.5 Å². The molecule has 0 fully saturated rings. The lowest BCUT2D eigenvalue weighted by Crippen LogP contribution is -2.29. The number of nitrogens with one attached hydrogen (secondary N) is 1. The Morgan fingerprint density at radius 1 is 1.07 bits per heavy atom. The predicted octanol–water partition coefficient (Wildman–Crippen LogP) is 2.02. The summed E-state index contributed by atoms with van der Waals surface area (Å²) in [7, 11) is 0. The highest BCUT2D eigenvalue weighted by Gasteiger charge is 2.11. The Hall–Kier alpha value is -3.26. The molecule has 2 heterocycles. The van der Waals surface area contributed by atoms with Crippen molar-refractivity contribution in [2.45, 2.75) is 19.6 Å². The zero-order valence-corrected chi connectivity index (χ0v) is 15.2. The Bertz CT molecular complexity index is 1130. The summed E-state index contributed by atoms with van der Waals surface area (Å²) in [5.41, 5.74) is 1.66. The molecular formula is C19H17N5O2S. The van der Waals surface area contributed by atoms with Crippen LogP contribution in [0.2, 0.25) is 0 Å². The van der Waals surface area contributed by atoms with Crippen molar-refractivity contribution in [3.05, 3.63) is 82.4 Å². The maximum absolute atomic E-state index is 12.3. The molecule has 2 aromatic carbocycles. The molecule has 8 heteroatoms. The van der Waals surface area contributed by atoms with Crippen molar-refractivity contribution in [2.24, 2.45) is 0 Å². The van der Waals surface area contributed by atoms with Crippen LogP contribution in [0.5, 0.6) is 0 Å². The summed E-state index contributed by atoms with van der Waals surface area (Å²) >= 11 is 1.29. The van der Waals surface area contributed by atoms with E-state index in [1.807, 2.05) is 48.5 Å². The van der Waals surface area contributed by atoms with Crippen LogP contribution >= 0.6 is 11.5 Å². The van der Waals surface area contributed by atoms with Gasteiger partial charge in [0, 0.05) is 0 Å². The Morgan fingerprint density at radius 2 is 1.85 bits per heavy atom. The number of aromatic nitrogens is 4. The van der Waals surface area contributed by atoms with Gasteiger partial charge in [0.15, 0.2) is 0 Å². The molecule has 0 saturated heterocycles. The predicted molar refractivity (Wildman–Crippen MR) is 103 cm³/mol. The maximum Gasteiger partial charge on any atom is 0.268 e. The summed E-state index contributed by atoms with van der Waals surface area (Å²) in [4.78, 5) is 24.5. The van der Waals surface area contributed by atoms with Gasteiger partial charge in [-0.25, -0.2) is 4.68 Å². The van der Waals surface area contributed by atoms with E-state index in [4.69, 9.17) is 0 Å². The molecule has 2 aromatic heterocycles. The van der Waals surface area contributed by atoms with Crippen molar-refractivity contribution in [2.75, 3.05) is 0 Å². The standard InChI is InChI=1S/C19H17N5O2S/c25-18(13-24-19(26)16-8-4-5-9-17(16)27-24)20-10-15-12-23(22-21-15)11-14-6-2-1-3-7-14/h1-9,12H,10-11,13H2,(H,20,25). The van der Waals surface area contributed by atoms with E-state index >= 15 is 0 Å². The average molecular weight is 379 g/mol. The van der Waals surface area contributed by atoms with Gasteiger partial charge in [-0.3, -0.25) is 13.5 Å². The van der Waals surface area contributed by atoms with Gasteiger partial charge in [-0.15, -0.1) is 5.10 Å². The Morgan fingerprint density at radius 3 is 2.67 bits per heavy atom. The lowest BCUT2D eigenvalue weighted by molar-refractivity contribution is -0.121. The zero-order valence-electron chi connectivity index (χ0n) is 14.4. The van der Waals surface area contributed by atoms with Crippen LogP contribution in [0.3, 0.4) is 0 Å². The Labute approximate surface area is 159 Å². The number of amides is 1. The number of benzene rings is 2. The molecule has 27 heavy (non-hydrogen) atoms. The number of fused-ring (bicyclic) bond motifs is 1. The molecule has 1 amide bonds. The van der Waals surface area contributed by atoms with Crippen LogP contribution in [-0.2, 0) is 24.4 Å². The fourth-order valence-corrected chi connectivity index (χ4v) is 3.76. The first-order valence-electron chi connectivity index (χ1n) is 8.47. The molecule has 4 rings (SSSR count). The molecule has 0 saturated carbocycles. The molecule has 4 aromatic rings. The van der Waals surface area contributed by atoms with E-state index in [9.17, 15) is 9.59 Å². The van der Waals surface area contributed by atoms with Crippen LogP contribution in [-0.4, -0.2) is 24.9 Å². The number of carbonyl (C=O) groups excluding carboxylic acids is 1. The number of hydrogen-bond donors (Lipinski definition) is 1. The molecule has 7 nitrogen and oxygen atoms in total. The highest BCUT2D eigenvalue weighted by atomic mass is 32.1. The van der Waals surface area contributed by atoms with Gasteiger partial charge >= 0.3 is 0 Å². The van der Waals surface area contributed by atoms with Crippen LogP contribution in [0.1, 0.15) is 11.3 Å². The lowest BCUT2D eigenvalue weighted by atomic mass is 10.2. The minimum Gasteiger partial charge on any atom is -0.349 e. The molecule has 0 aliphatic carbocycles.